The van der Waals surface area contributed by atoms with Crippen LogP contribution in [-0.2, 0) is 4.79 Å². The average molecular weight is 195 g/mol. The number of carbonyl (C=O) groups excluding carboxylic acids is 1. The quantitative estimate of drug-likeness (QED) is 0.408. The number of carbonyl (C=O) groups is 1. The third kappa shape index (κ3) is 5.57. The minimum Gasteiger partial charge on any atom is -0.352 e. The van der Waals surface area contributed by atoms with Crippen molar-refractivity contribution in [2.24, 2.45) is 0 Å². The van der Waals surface area contributed by atoms with Crippen LogP contribution in [0.3, 0.4) is 0 Å². The van der Waals surface area contributed by atoms with E-state index in [-0.39, 0.29) is 5.91 Å². The number of allylic oxidation sites excluding steroid dienone is 2. The zero-order valence-corrected chi connectivity index (χ0v) is 9.68. The highest BCUT2D eigenvalue weighted by atomic mass is 16.1. The molecular weight excluding hydrogens is 174 g/mol. The summed E-state index contributed by atoms with van der Waals surface area (Å²) >= 11 is 0. The van der Waals surface area contributed by atoms with E-state index in [1.165, 1.54) is 0 Å². The van der Waals surface area contributed by atoms with Crippen LogP contribution in [0.25, 0.3) is 0 Å². The van der Waals surface area contributed by atoms with Gasteiger partial charge in [0.15, 0.2) is 0 Å². The Hall–Kier alpha value is -1.05. The fourth-order valence-electron chi connectivity index (χ4n) is 1.07. The number of unbranched alkanes of at least 4 members (excludes halogenated alkanes) is 1. The lowest BCUT2D eigenvalue weighted by atomic mass is 10.1. The van der Waals surface area contributed by atoms with Gasteiger partial charge in [0, 0.05) is 12.1 Å². The van der Waals surface area contributed by atoms with Gasteiger partial charge in [-0.2, -0.15) is 0 Å². The molecule has 0 atom stereocenters. The van der Waals surface area contributed by atoms with Gasteiger partial charge in [-0.15, -0.1) is 0 Å². The van der Waals surface area contributed by atoms with Crippen molar-refractivity contribution in [1.29, 1.82) is 0 Å². The van der Waals surface area contributed by atoms with Gasteiger partial charge in [0.05, 0.1) is 0 Å². The Morgan fingerprint density at radius 3 is 2.43 bits per heavy atom. The summed E-state index contributed by atoms with van der Waals surface area (Å²) in [6.45, 7) is 8.74. The highest BCUT2D eigenvalue weighted by molar-refractivity contribution is 5.96. The molecule has 0 aromatic heterocycles. The first kappa shape index (κ1) is 12.9. The fraction of sp³-hybridized carbons (Fsp3) is 0.583. The first-order valence-electron chi connectivity index (χ1n) is 5.21. The van der Waals surface area contributed by atoms with Gasteiger partial charge in [0.1, 0.15) is 0 Å². The molecule has 0 rings (SSSR count). The van der Waals surface area contributed by atoms with E-state index < -0.39 is 0 Å². The first-order chi connectivity index (χ1) is 6.61. The lowest BCUT2D eigenvalue weighted by Gasteiger charge is -2.04. The van der Waals surface area contributed by atoms with Crippen LogP contribution in [0.2, 0.25) is 0 Å². The smallest absolute Gasteiger partial charge is 0.250 e. The summed E-state index contributed by atoms with van der Waals surface area (Å²) in [5.41, 5.74) is 1.89. The van der Waals surface area contributed by atoms with E-state index >= 15 is 0 Å². The van der Waals surface area contributed by atoms with Gasteiger partial charge < -0.3 is 5.32 Å². The molecule has 80 valence electrons. The number of nitrogens with one attached hydrogen (secondary N) is 1. The molecule has 0 bridgehead atoms. The highest BCUT2D eigenvalue weighted by Crippen LogP contribution is 2.02. The van der Waals surface area contributed by atoms with Gasteiger partial charge in [0.2, 0.25) is 0 Å². The van der Waals surface area contributed by atoms with Crippen LogP contribution >= 0.6 is 0 Å². The molecule has 1 N–H and O–H groups in total. The van der Waals surface area contributed by atoms with Crippen molar-refractivity contribution >= 4 is 5.91 Å². The molecule has 14 heavy (non-hydrogen) atoms. The predicted octanol–water partition coefficient (Wildman–Crippen LogP) is 2.82. The minimum absolute atomic E-state index is 0.0298. The van der Waals surface area contributed by atoms with Crippen molar-refractivity contribution < 1.29 is 4.79 Å². The van der Waals surface area contributed by atoms with Gasteiger partial charge in [-0.25, -0.2) is 0 Å². The minimum atomic E-state index is 0.0298. The molecule has 0 heterocycles. The lowest BCUT2D eigenvalue weighted by Crippen LogP contribution is -2.25. The van der Waals surface area contributed by atoms with Crippen molar-refractivity contribution in [3.63, 3.8) is 0 Å². The van der Waals surface area contributed by atoms with Crippen molar-refractivity contribution in [3.8, 4) is 0 Å². The summed E-state index contributed by atoms with van der Waals surface area (Å²) < 4.78 is 0. The van der Waals surface area contributed by atoms with Crippen molar-refractivity contribution in [2.45, 2.75) is 40.5 Å². The fourth-order valence-corrected chi connectivity index (χ4v) is 1.07. The molecule has 1 amide bonds. The van der Waals surface area contributed by atoms with E-state index in [4.69, 9.17) is 0 Å². The standard InChI is InChI=1S/C12H21NO/c1-5-7-8-13-12(14)11(6-2)9-10(3)4/h6,9H,5,7-8H2,1-4H3,(H,13,14)/b11-6+. The molecule has 0 aromatic rings. The van der Waals surface area contributed by atoms with E-state index in [9.17, 15) is 4.79 Å². The maximum atomic E-state index is 11.6. The second-order valence-corrected chi connectivity index (χ2v) is 3.58. The zero-order chi connectivity index (χ0) is 11.0. The average Bonchev–Trinajstić information content (AvgIpc) is 2.14. The van der Waals surface area contributed by atoms with Crippen molar-refractivity contribution in [2.75, 3.05) is 6.54 Å². The molecule has 0 unspecified atom stereocenters. The molecule has 2 heteroatoms. The lowest BCUT2D eigenvalue weighted by molar-refractivity contribution is -0.117. The van der Waals surface area contributed by atoms with Gasteiger partial charge >= 0.3 is 0 Å². The predicted molar refractivity (Wildman–Crippen MR) is 61.1 cm³/mol. The Bertz CT molecular complexity index is 235. The topological polar surface area (TPSA) is 29.1 Å². The maximum Gasteiger partial charge on any atom is 0.250 e. The maximum absolute atomic E-state index is 11.6. The zero-order valence-electron chi connectivity index (χ0n) is 9.68. The van der Waals surface area contributed by atoms with E-state index in [1.807, 2.05) is 32.9 Å². The van der Waals surface area contributed by atoms with E-state index in [0.29, 0.717) is 0 Å². The Balaban J connectivity index is 4.14. The molecule has 0 aromatic carbocycles. The molecule has 0 radical (unpaired) electrons. The van der Waals surface area contributed by atoms with E-state index in [2.05, 4.69) is 12.2 Å². The second kappa shape index (κ2) is 7.36. The third-order valence-electron chi connectivity index (χ3n) is 1.83. The van der Waals surface area contributed by atoms with Crippen LogP contribution in [0, 0.1) is 0 Å². The molecule has 0 aliphatic rings. The summed E-state index contributed by atoms with van der Waals surface area (Å²) in [4.78, 5) is 11.6. The van der Waals surface area contributed by atoms with E-state index in [0.717, 1.165) is 30.5 Å². The summed E-state index contributed by atoms with van der Waals surface area (Å²) in [7, 11) is 0. The van der Waals surface area contributed by atoms with Crippen LogP contribution < -0.4 is 5.32 Å². The van der Waals surface area contributed by atoms with Crippen LogP contribution in [0.15, 0.2) is 23.3 Å². The van der Waals surface area contributed by atoms with Crippen LogP contribution in [0.1, 0.15) is 40.5 Å². The second-order valence-electron chi connectivity index (χ2n) is 3.58. The van der Waals surface area contributed by atoms with Crippen LogP contribution in [-0.4, -0.2) is 12.5 Å². The molecule has 0 fully saturated rings. The Morgan fingerprint density at radius 1 is 1.36 bits per heavy atom. The number of hydrogen-bond acceptors (Lipinski definition) is 1. The van der Waals surface area contributed by atoms with E-state index in [1.54, 1.807) is 0 Å². The van der Waals surface area contributed by atoms with Crippen molar-refractivity contribution in [1.82, 2.24) is 5.32 Å². The summed E-state index contributed by atoms with van der Waals surface area (Å²) in [5.74, 6) is 0.0298. The van der Waals surface area contributed by atoms with Gasteiger partial charge in [-0.05, 0) is 27.2 Å². The van der Waals surface area contributed by atoms with Crippen LogP contribution in [0.5, 0.6) is 0 Å². The first-order valence-corrected chi connectivity index (χ1v) is 5.21. The number of rotatable bonds is 5. The molecule has 0 spiro atoms. The number of amides is 1. The Kier molecular flexibility index (Phi) is 6.81. The molecule has 0 aliphatic carbocycles. The summed E-state index contributed by atoms with van der Waals surface area (Å²) in [5, 5.41) is 2.89. The number of hydrogen-bond donors (Lipinski definition) is 1. The Labute approximate surface area is 87.1 Å². The monoisotopic (exact) mass is 195 g/mol. The largest absolute Gasteiger partial charge is 0.352 e. The normalized spacial score (nSPS) is 11.0. The van der Waals surface area contributed by atoms with Gasteiger partial charge in [-0.3, -0.25) is 4.79 Å². The Morgan fingerprint density at radius 2 is 2.00 bits per heavy atom. The van der Waals surface area contributed by atoms with Crippen LogP contribution in [0.4, 0.5) is 0 Å². The molecule has 0 saturated carbocycles. The van der Waals surface area contributed by atoms with Gasteiger partial charge in [-0.1, -0.05) is 31.1 Å². The van der Waals surface area contributed by atoms with Crippen molar-refractivity contribution in [3.05, 3.63) is 23.3 Å². The molecular formula is C12H21NO. The third-order valence-corrected chi connectivity index (χ3v) is 1.83. The SMILES string of the molecule is C/C=C(\C=C(C)C)C(=O)NCCCC. The summed E-state index contributed by atoms with van der Waals surface area (Å²) in [6, 6.07) is 0. The molecule has 0 saturated heterocycles. The van der Waals surface area contributed by atoms with Gasteiger partial charge in [0.25, 0.3) is 5.91 Å². The highest BCUT2D eigenvalue weighted by Gasteiger charge is 2.03. The molecule has 2 nitrogen and oxygen atoms in total. The molecule has 0 aliphatic heterocycles. The summed E-state index contributed by atoms with van der Waals surface area (Å²) in [6.07, 6.45) is 5.89.